The van der Waals surface area contributed by atoms with Crippen molar-refractivity contribution < 1.29 is 13.9 Å². The third-order valence-corrected chi connectivity index (χ3v) is 5.94. The van der Waals surface area contributed by atoms with Gasteiger partial charge in [0, 0.05) is 13.1 Å². The van der Waals surface area contributed by atoms with Gasteiger partial charge in [-0.2, -0.15) is 0 Å². The molecule has 1 aliphatic rings. The van der Waals surface area contributed by atoms with Gasteiger partial charge in [0.05, 0.1) is 18.4 Å². The molecule has 7 nitrogen and oxygen atoms in total. The second-order valence-electron chi connectivity index (χ2n) is 9.62. The van der Waals surface area contributed by atoms with Crippen LogP contribution in [0.15, 0.2) is 40.5 Å². The summed E-state index contributed by atoms with van der Waals surface area (Å²) in [5.74, 6) is 0.998. The van der Waals surface area contributed by atoms with Crippen LogP contribution in [0.25, 0.3) is 11.6 Å². The number of nitrogens with zero attached hydrogens (tertiary/aromatic N) is 4. The van der Waals surface area contributed by atoms with Crippen molar-refractivity contribution in [3.05, 3.63) is 53.1 Å². The number of aromatic nitrogens is 3. The molecular formula is C27H38N4O3. The van der Waals surface area contributed by atoms with Crippen molar-refractivity contribution in [3.8, 4) is 11.6 Å². The zero-order valence-electron chi connectivity index (χ0n) is 21.4. The van der Waals surface area contributed by atoms with Crippen LogP contribution in [0.1, 0.15) is 82.0 Å². The van der Waals surface area contributed by atoms with E-state index in [1.54, 1.807) is 6.26 Å². The van der Waals surface area contributed by atoms with Crippen LogP contribution in [0.4, 0.5) is 0 Å². The summed E-state index contributed by atoms with van der Waals surface area (Å²) in [4.78, 5) is 19.8. The molecule has 0 aliphatic carbocycles. The highest BCUT2D eigenvalue weighted by Gasteiger charge is 2.27. The molecule has 34 heavy (non-hydrogen) atoms. The Morgan fingerprint density at radius 1 is 1.26 bits per heavy atom. The second kappa shape index (κ2) is 12.1. The van der Waals surface area contributed by atoms with Gasteiger partial charge in [-0.3, -0.25) is 4.79 Å². The van der Waals surface area contributed by atoms with Crippen LogP contribution in [0.5, 0.6) is 0 Å². The van der Waals surface area contributed by atoms with E-state index in [9.17, 15) is 4.79 Å². The fraction of sp³-hybridized carbons (Fsp3) is 0.556. The minimum atomic E-state index is -0.104. The highest BCUT2D eigenvalue weighted by Crippen LogP contribution is 2.26. The molecule has 0 saturated carbocycles. The molecule has 0 spiro atoms. The molecule has 3 heterocycles. The lowest BCUT2D eigenvalue weighted by Crippen LogP contribution is -2.43. The molecule has 1 amide bonds. The predicted molar refractivity (Wildman–Crippen MR) is 134 cm³/mol. The number of allylic oxidation sites excluding steroid dienone is 2. The largest absolute Gasteiger partial charge is 0.443 e. The average Bonchev–Trinajstić information content (AvgIpc) is 3.31. The van der Waals surface area contributed by atoms with E-state index in [1.165, 1.54) is 0 Å². The van der Waals surface area contributed by atoms with Gasteiger partial charge in [0.2, 0.25) is 5.89 Å². The Kier molecular flexibility index (Phi) is 9.16. The highest BCUT2D eigenvalue weighted by atomic mass is 16.5. The Labute approximate surface area is 203 Å². The number of likely N-dealkylation sites (tertiary alicyclic amines) is 1. The Balaban J connectivity index is 1.76. The number of hydrogen-bond donors (Lipinski definition) is 0. The van der Waals surface area contributed by atoms with E-state index < -0.39 is 0 Å². The molecule has 1 aliphatic heterocycles. The molecule has 0 aromatic carbocycles. The first-order valence-corrected chi connectivity index (χ1v) is 12.3. The lowest BCUT2D eigenvalue weighted by molar-refractivity contribution is 0.0114. The summed E-state index contributed by atoms with van der Waals surface area (Å²) in [6.07, 6.45) is 10.4. The van der Waals surface area contributed by atoms with Crippen molar-refractivity contribution in [2.45, 2.75) is 72.8 Å². The van der Waals surface area contributed by atoms with Crippen LogP contribution in [0.2, 0.25) is 0 Å². The SMILES string of the molecule is CC=CC(=CC)COC1CCCN(C(=O)c2cc(CC(C)C)c(-c3nc(C(C)C)co3)nn2)C1. The third kappa shape index (κ3) is 6.63. The minimum Gasteiger partial charge on any atom is -0.443 e. The number of carbonyl (C=O) groups is 1. The Hall–Kier alpha value is -2.80. The predicted octanol–water partition coefficient (Wildman–Crippen LogP) is 5.60. The van der Waals surface area contributed by atoms with Crippen molar-refractivity contribution in [3.63, 3.8) is 0 Å². The van der Waals surface area contributed by atoms with Crippen molar-refractivity contribution >= 4 is 5.91 Å². The van der Waals surface area contributed by atoms with E-state index in [4.69, 9.17) is 9.15 Å². The molecule has 1 unspecified atom stereocenters. The number of piperidine rings is 1. The van der Waals surface area contributed by atoms with E-state index in [1.807, 2.05) is 30.9 Å². The first kappa shape index (κ1) is 25.8. The summed E-state index contributed by atoms with van der Waals surface area (Å²) in [5, 5.41) is 8.69. The quantitative estimate of drug-likeness (QED) is 0.448. The van der Waals surface area contributed by atoms with Crippen LogP contribution in [0.3, 0.4) is 0 Å². The van der Waals surface area contributed by atoms with Crippen LogP contribution in [0, 0.1) is 5.92 Å². The number of ether oxygens (including phenoxy) is 1. The smallest absolute Gasteiger partial charge is 0.274 e. The van der Waals surface area contributed by atoms with E-state index in [-0.39, 0.29) is 17.9 Å². The number of hydrogen-bond acceptors (Lipinski definition) is 6. The molecular weight excluding hydrogens is 428 g/mol. The number of rotatable bonds is 9. The molecule has 3 rings (SSSR count). The topological polar surface area (TPSA) is 81.4 Å². The molecule has 1 saturated heterocycles. The van der Waals surface area contributed by atoms with Crippen molar-refractivity contribution in [2.24, 2.45) is 5.92 Å². The molecule has 184 valence electrons. The van der Waals surface area contributed by atoms with E-state index in [0.29, 0.717) is 42.9 Å². The van der Waals surface area contributed by atoms with Crippen molar-refractivity contribution in [1.29, 1.82) is 0 Å². The minimum absolute atomic E-state index is 0.0158. The summed E-state index contributed by atoms with van der Waals surface area (Å²) in [5.41, 5.74) is 3.92. The van der Waals surface area contributed by atoms with E-state index in [0.717, 1.165) is 36.1 Å². The molecule has 0 radical (unpaired) electrons. The number of oxazole rings is 1. The van der Waals surface area contributed by atoms with Gasteiger partial charge in [0.15, 0.2) is 11.4 Å². The summed E-state index contributed by atoms with van der Waals surface area (Å²) in [6.45, 7) is 14.2. The summed E-state index contributed by atoms with van der Waals surface area (Å²) in [6, 6.07) is 1.86. The maximum absolute atomic E-state index is 13.3. The summed E-state index contributed by atoms with van der Waals surface area (Å²) < 4.78 is 11.8. The maximum Gasteiger partial charge on any atom is 0.274 e. The second-order valence-corrected chi connectivity index (χ2v) is 9.62. The third-order valence-electron chi connectivity index (χ3n) is 5.94. The average molecular weight is 467 g/mol. The van der Waals surface area contributed by atoms with Gasteiger partial charge in [-0.1, -0.05) is 45.9 Å². The van der Waals surface area contributed by atoms with Gasteiger partial charge in [0.25, 0.3) is 5.91 Å². The number of amides is 1. The standard InChI is InChI=1S/C27H38N4O3/c1-7-10-20(8-2)16-33-22-11-9-12-31(15-22)27(32)23-14-21(13-18(3)4)25(30-29-23)26-28-24(17-34-26)19(5)6/h7-8,10,14,17-19,22H,9,11-13,15-16H2,1-6H3. The lowest BCUT2D eigenvalue weighted by Gasteiger charge is -2.32. The zero-order chi connectivity index (χ0) is 24.7. The molecule has 0 N–H and O–H groups in total. The Morgan fingerprint density at radius 3 is 2.71 bits per heavy atom. The molecule has 1 atom stereocenters. The van der Waals surface area contributed by atoms with Crippen molar-refractivity contribution in [2.75, 3.05) is 19.7 Å². The van der Waals surface area contributed by atoms with Gasteiger partial charge in [-0.25, -0.2) is 4.98 Å². The molecule has 0 bridgehead atoms. The van der Waals surface area contributed by atoms with Gasteiger partial charge in [0.1, 0.15) is 6.26 Å². The Bertz CT molecular complexity index is 1020. The monoisotopic (exact) mass is 466 g/mol. The summed E-state index contributed by atoms with van der Waals surface area (Å²) >= 11 is 0. The summed E-state index contributed by atoms with van der Waals surface area (Å²) in [7, 11) is 0. The molecule has 2 aromatic rings. The van der Waals surface area contributed by atoms with Crippen molar-refractivity contribution in [1.82, 2.24) is 20.1 Å². The molecule has 2 aromatic heterocycles. The van der Waals surface area contributed by atoms with Gasteiger partial charge >= 0.3 is 0 Å². The molecule has 1 fully saturated rings. The normalized spacial score (nSPS) is 17.4. The van der Waals surface area contributed by atoms with Gasteiger partial charge in [-0.15, -0.1) is 10.2 Å². The zero-order valence-corrected chi connectivity index (χ0v) is 21.4. The number of carbonyl (C=O) groups excluding carboxylic acids is 1. The maximum atomic E-state index is 13.3. The fourth-order valence-corrected chi connectivity index (χ4v) is 4.05. The first-order valence-electron chi connectivity index (χ1n) is 12.3. The van der Waals surface area contributed by atoms with Crippen LogP contribution in [-0.4, -0.2) is 51.8 Å². The fourth-order valence-electron chi connectivity index (χ4n) is 4.05. The van der Waals surface area contributed by atoms with Gasteiger partial charge < -0.3 is 14.1 Å². The molecule has 7 heteroatoms. The highest BCUT2D eigenvalue weighted by molar-refractivity contribution is 5.92. The van der Waals surface area contributed by atoms with Crippen LogP contribution < -0.4 is 0 Å². The van der Waals surface area contributed by atoms with Crippen LogP contribution >= 0.6 is 0 Å². The van der Waals surface area contributed by atoms with Crippen LogP contribution in [-0.2, 0) is 11.2 Å². The Morgan fingerprint density at radius 2 is 2.06 bits per heavy atom. The van der Waals surface area contributed by atoms with Gasteiger partial charge in [-0.05, 0) is 62.1 Å². The first-order chi connectivity index (χ1) is 16.3. The lowest BCUT2D eigenvalue weighted by atomic mass is 10.0. The van der Waals surface area contributed by atoms with E-state index in [2.05, 4.69) is 55.0 Å². The van der Waals surface area contributed by atoms with E-state index >= 15 is 0 Å².